The van der Waals surface area contributed by atoms with Crippen molar-refractivity contribution in [1.29, 1.82) is 0 Å². The third-order valence-corrected chi connectivity index (χ3v) is 7.87. The van der Waals surface area contributed by atoms with E-state index in [9.17, 15) is 4.79 Å². The van der Waals surface area contributed by atoms with E-state index in [-0.39, 0.29) is 17.0 Å². The van der Waals surface area contributed by atoms with Crippen LogP contribution in [0.5, 0.6) is 0 Å². The van der Waals surface area contributed by atoms with Crippen LogP contribution < -0.4 is 0 Å². The number of unbranched alkanes of at least 4 members (excludes halogenated alkanes) is 1. The molecule has 5 atom stereocenters. The number of ether oxygens (including phenoxy) is 1. The molecule has 152 valence electrons. The molecule has 0 aromatic carbocycles. The summed E-state index contributed by atoms with van der Waals surface area (Å²) >= 11 is 0. The molecule has 0 aromatic heterocycles. The number of esters is 1. The van der Waals surface area contributed by atoms with Crippen LogP contribution in [0.4, 0.5) is 0 Å². The SMILES string of the molecule is CCCCC(CC)(OC(=O)C(C)(C)CC)C1CCCC1C1CCC(C)C1. The highest BCUT2D eigenvalue weighted by atomic mass is 16.6. The van der Waals surface area contributed by atoms with Gasteiger partial charge in [-0.15, -0.1) is 0 Å². The van der Waals surface area contributed by atoms with Gasteiger partial charge in [0, 0.05) is 5.92 Å². The number of carbonyl (C=O) groups is 1. The quantitative estimate of drug-likeness (QED) is 0.406. The minimum atomic E-state index is -0.372. The molecule has 0 bridgehead atoms. The van der Waals surface area contributed by atoms with Crippen molar-refractivity contribution in [1.82, 2.24) is 0 Å². The van der Waals surface area contributed by atoms with Gasteiger partial charge in [-0.3, -0.25) is 4.79 Å². The van der Waals surface area contributed by atoms with Gasteiger partial charge in [-0.25, -0.2) is 0 Å². The molecule has 2 rings (SSSR count). The van der Waals surface area contributed by atoms with Crippen molar-refractivity contribution < 1.29 is 9.53 Å². The molecule has 2 fully saturated rings. The standard InChI is InChI=1S/C24H44O2/c1-7-10-16-24(9-3,26-22(25)23(5,6)8-2)21-13-11-12-20(21)19-15-14-18(4)17-19/h18-21H,7-17H2,1-6H3. The molecule has 0 amide bonds. The third kappa shape index (κ3) is 4.65. The summed E-state index contributed by atoms with van der Waals surface area (Å²) in [6.45, 7) is 13.1. The van der Waals surface area contributed by atoms with E-state index < -0.39 is 0 Å². The van der Waals surface area contributed by atoms with Crippen LogP contribution in [-0.2, 0) is 9.53 Å². The molecule has 5 unspecified atom stereocenters. The number of hydrogen-bond donors (Lipinski definition) is 0. The first-order valence-corrected chi connectivity index (χ1v) is 11.5. The Morgan fingerprint density at radius 1 is 1.04 bits per heavy atom. The number of hydrogen-bond acceptors (Lipinski definition) is 2. The Kier molecular flexibility index (Phi) is 7.62. The van der Waals surface area contributed by atoms with Gasteiger partial charge in [0.2, 0.25) is 0 Å². The topological polar surface area (TPSA) is 26.3 Å². The summed E-state index contributed by atoms with van der Waals surface area (Å²) in [4.78, 5) is 13.0. The summed E-state index contributed by atoms with van der Waals surface area (Å²) in [5.74, 6) is 3.13. The van der Waals surface area contributed by atoms with Gasteiger partial charge >= 0.3 is 5.97 Å². The fourth-order valence-electron chi connectivity index (χ4n) is 5.61. The zero-order valence-corrected chi connectivity index (χ0v) is 18.4. The lowest BCUT2D eigenvalue weighted by Crippen LogP contribution is -2.47. The molecule has 2 nitrogen and oxygen atoms in total. The van der Waals surface area contributed by atoms with E-state index in [2.05, 4.69) is 27.7 Å². The van der Waals surface area contributed by atoms with Crippen LogP contribution in [0.3, 0.4) is 0 Å². The molecule has 0 aliphatic heterocycles. The van der Waals surface area contributed by atoms with E-state index in [4.69, 9.17) is 4.74 Å². The fourth-order valence-corrected chi connectivity index (χ4v) is 5.61. The zero-order valence-electron chi connectivity index (χ0n) is 18.4. The predicted octanol–water partition coefficient (Wildman–Crippen LogP) is 7.16. The van der Waals surface area contributed by atoms with E-state index in [1.54, 1.807) is 0 Å². The van der Waals surface area contributed by atoms with E-state index in [1.807, 2.05) is 13.8 Å². The second kappa shape index (κ2) is 9.11. The highest BCUT2D eigenvalue weighted by Gasteiger charge is 2.50. The first-order valence-electron chi connectivity index (χ1n) is 11.5. The number of rotatable bonds is 9. The zero-order chi connectivity index (χ0) is 19.4. The van der Waals surface area contributed by atoms with Crippen LogP contribution in [0.1, 0.15) is 112 Å². The lowest BCUT2D eigenvalue weighted by molar-refractivity contribution is -0.182. The Morgan fingerprint density at radius 3 is 2.31 bits per heavy atom. The summed E-state index contributed by atoms with van der Waals surface area (Å²) in [5.41, 5.74) is -0.602. The Balaban J connectivity index is 2.25. The maximum Gasteiger partial charge on any atom is 0.312 e. The molecule has 0 N–H and O–H groups in total. The fraction of sp³-hybridized carbons (Fsp3) is 0.958. The van der Waals surface area contributed by atoms with Crippen molar-refractivity contribution in [3.63, 3.8) is 0 Å². The highest BCUT2D eigenvalue weighted by Crippen LogP contribution is 2.52. The van der Waals surface area contributed by atoms with Gasteiger partial charge in [0.15, 0.2) is 0 Å². The van der Waals surface area contributed by atoms with E-state index in [0.717, 1.165) is 43.4 Å². The van der Waals surface area contributed by atoms with Crippen molar-refractivity contribution in [2.45, 2.75) is 118 Å². The monoisotopic (exact) mass is 364 g/mol. The van der Waals surface area contributed by atoms with Gasteiger partial charge in [0.1, 0.15) is 5.60 Å². The average molecular weight is 365 g/mol. The molecular formula is C24H44O2. The normalized spacial score (nSPS) is 31.8. The van der Waals surface area contributed by atoms with Gasteiger partial charge in [0.25, 0.3) is 0 Å². The van der Waals surface area contributed by atoms with Crippen molar-refractivity contribution in [3.8, 4) is 0 Å². The summed E-state index contributed by atoms with van der Waals surface area (Å²) < 4.78 is 6.51. The minimum absolute atomic E-state index is 0.0309. The van der Waals surface area contributed by atoms with Gasteiger partial charge in [0.05, 0.1) is 5.41 Å². The van der Waals surface area contributed by atoms with E-state index in [0.29, 0.717) is 5.92 Å². The Labute approximate surface area is 162 Å². The molecule has 0 aromatic rings. The average Bonchev–Trinajstić information content (AvgIpc) is 3.27. The van der Waals surface area contributed by atoms with Crippen molar-refractivity contribution in [2.75, 3.05) is 0 Å². The third-order valence-electron chi connectivity index (χ3n) is 7.87. The predicted molar refractivity (Wildman–Crippen MR) is 110 cm³/mol. The number of carbonyl (C=O) groups excluding carboxylic acids is 1. The summed E-state index contributed by atoms with van der Waals surface area (Å²) in [6, 6.07) is 0. The molecule has 2 heteroatoms. The van der Waals surface area contributed by atoms with Crippen molar-refractivity contribution >= 4 is 5.97 Å². The smallest absolute Gasteiger partial charge is 0.312 e. The first kappa shape index (κ1) is 21.8. The highest BCUT2D eigenvalue weighted by molar-refractivity contribution is 5.76. The van der Waals surface area contributed by atoms with Crippen LogP contribution in [-0.4, -0.2) is 11.6 Å². The van der Waals surface area contributed by atoms with Crippen LogP contribution in [0.2, 0.25) is 0 Å². The molecule has 0 radical (unpaired) electrons. The van der Waals surface area contributed by atoms with Crippen LogP contribution >= 0.6 is 0 Å². The molecule has 2 aliphatic rings. The Hall–Kier alpha value is -0.530. The summed E-state index contributed by atoms with van der Waals surface area (Å²) in [5, 5.41) is 0. The molecule has 0 saturated heterocycles. The minimum Gasteiger partial charge on any atom is -0.458 e. The van der Waals surface area contributed by atoms with Gasteiger partial charge < -0.3 is 4.74 Å². The maximum absolute atomic E-state index is 13.0. The lowest BCUT2D eigenvalue weighted by atomic mass is 9.70. The molecule has 2 aliphatic carbocycles. The molecule has 0 heterocycles. The molecule has 0 spiro atoms. The van der Waals surface area contributed by atoms with Gasteiger partial charge in [-0.2, -0.15) is 0 Å². The van der Waals surface area contributed by atoms with Gasteiger partial charge in [-0.1, -0.05) is 47.0 Å². The molecule has 26 heavy (non-hydrogen) atoms. The second-order valence-electron chi connectivity index (χ2n) is 10.0. The van der Waals surface area contributed by atoms with Crippen LogP contribution in [0.15, 0.2) is 0 Å². The lowest BCUT2D eigenvalue weighted by Gasteiger charge is -2.44. The Bertz CT molecular complexity index is 455. The van der Waals surface area contributed by atoms with Crippen molar-refractivity contribution in [2.24, 2.45) is 29.1 Å². The van der Waals surface area contributed by atoms with Crippen LogP contribution in [0.25, 0.3) is 0 Å². The molecule has 2 saturated carbocycles. The first-order chi connectivity index (χ1) is 12.3. The van der Waals surface area contributed by atoms with Gasteiger partial charge in [-0.05, 0) is 83.0 Å². The summed E-state index contributed by atoms with van der Waals surface area (Å²) in [7, 11) is 0. The van der Waals surface area contributed by atoms with E-state index >= 15 is 0 Å². The molecular weight excluding hydrogens is 320 g/mol. The van der Waals surface area contributed by atoms with E-state index in [1.165, 1.54) is 44.9 Å². The second-order valence-corrected chi connectivity index (χ2v) is 10.0. The van der Waals surface area contributed by atoms with Crippen LogP contribution in [0, 0.1) is 29.1 Å². The Morgan fingerprint density at radius 2 is 1.77 bits per heavy atom. The maximum atomic E-state index is 13.0. The summed E-state index contributed by atoms with van der Waals surface area (Å²) in [6.07, 6.45) is 13.3. The van der Waals surface area contributed by atoms with Crippen molar-refractivity contribution in [3.05, 3.63) is 0 Å². The largest absolute Gasteiger partial charge is 0.458 e.